The summed E-state index contributed by atoms with van der Waals surface area (Å²) in [5, 5.41) is 0. The van der Waals surface area contributed by atoms with Gasteiger partial charge in [0.1, 0.15) is 0 Å². The van der Waals surface area contributed by atoms with Gasteiger partial charge in [-0.05, 0) is 12.8 Å². The van der Waals surface area contributed by atoms with E-state index < -0.39 is 6.16 Å². The second-order valence-electron chi connectivity index (χ2n) is 14.0. The maximum Gasteiger partial charge on any atom is 0.540 e. The second kappa shape index (κ2) is 41.3. The molecule has 0 aliphatic heterocycles. The third-order valence-electron chi connectivity index (χ3n) is 9.43. The van der Waals surface area contributed by atoms with Gasteiger partial charge in [0, 0.05) is 0 Å². The number of hydrogen-bond acceptors (Lipinski definition) is 4. The average molecular weight is 639 g/mol. The van der Waals surface area contributed by atoms with Crippen LogP contribution in [0.3, 0.4) is 0 Å². The van der Waals surface area contributed by atoms with Gasteiger partial charge in [-0.3, -0.25) is 4.89 Å². The number of hydrogen-bond donors (Lipinski definition) is 0. The van der Waals surface area contributed by atoms with E-state index in [9.17, 15) is 4.79 Å². The molecule has 0 heterocycles. The predicted molar refractivity (Wildman–Crippen MR) is 196 cm³/mol. The Morgan fingerprint density at radius 3 is 0.800 bits per heavy atom. The van der Waals surface area contributed by atoms with E-state index in [2.05, 4.69) is 13.8 Å². The first-order chi connectivity index (χ1) is 22.3. The molecule has 0 radical (unpaired) electrons. The van der Waals surface area contributed by atoms with E-state index in [1.54, 1.807) is 0 Å². The molecule has 0 aliphatic carbocycles. The van der Waals surface area contributed by atoms with Gasteiger partial charge in [-0.25, -0.2) is 4.79 Å². The van der Waals surface area contributed by atoms with Crippen LogP contribution in [0.1, 0.15) is 245 Å². The summed E-state index contributed by atoms with van der Waals surface area (Å²) in [6.45, 7) is 5.48. The molecule has 0 aromatic heterocycles. The Bertz CT molecular complexity index is 538. The summed E-state index contributed by atoms with van der Waals surface area (Å²) in [4.78, 5) is 21.4. The summed E-state index contributed by atoms with van der Waals surface area (Å²) < 4.78 is 5.13. The summed E-state index contributed by atoms with van der Waals surface area (Å²) in [5.41, 5.74) is 0. The monoisotopic (exact) mass is 639 g/mol. The lowest BCUT2D eigenvalue weighted by Gasteiger charge is -2.06. The Balaban J connectivity index is 3.14. The van der Waals surface area contributed by atoms with E-state index in [1.165, 1.54) is 205 Å². The molecule has 4 heteroatoms. The molecule has 0 bridgehead atoms. The third-order valence-corrected chi connectivity index (χ3v) is 9.43. The summed E-state index contributed by atoms with van der Waals surface area (Å²) in [6.07, 6.45) is 48.1. The topological polar surface area (TPSA) is 44.8 Å². The molecule has 0 N–H and O–H groups in total. The molecule has 270 valence electrons. The molecule has 0 fully saturated rings. The number of unbranched alkanes of at least 4 members (excludes halogenated alkanes) is 34. The third kappa shape index (κ3) is 41.2. The van der Waals surface area contributed by atoms with E-state index in [-0.39, 0.29) is 0 Å². The van der Waals surface area contributed by atoms with Crippen LogP contribution in [0.4, 0.5) is 4.79 Å². The van der Waals surface area contributed by atoms with Gasteiger partial charge in [0.25, 0.3) is 0 Å². The van der Waals surface area contributed by atoms with Gasteiger partial charge in [-0.1, -0.05) is 232 Å². The minimum absolute atomic E-state index is 0.431. The maximum atomic E-state index is 11.6. The van der Waals surface area contributed by atoms with Crippen molar-refractivity contribution in [1.29, 1.82) is 0 Å². The average Bonchev–Trinajstić information content (AvgIpc) is 3.05. The SMILES string of the molecule is CCCCCCCCCCCCCCCCCCCCOOC(=O)OCCCCCCCCCCCCCCCCCCCC. The van der Waals surface area contributed by atoms with Crippen LogP contribution in [0.25, 0.3) is 0 Å². The van der Waals surface area contributed by atoms with E-state index in [0.29, 0.717) is 13.2 Å². The zero-order chi connectivity index (χ0) is 32.6. The molecule has 0 unspecified atom stereocenters. The molecule has 0 saturated heterocycles. The summed E-state index contributed by atoms with van der Waals surface area (Å²) in [5.74, 6) is 0. The lowest BCUT2D eigenvalue weighted by molar-refractivity contribution is -0.255. The fraction of sp³-hybridized carbons (Fsp3) is 0.976. The van der Waals surface area contributed by atoms with Crippen molar-refractivity contribution in [3.63, 3.8) is 0 Å². The normalized spacial score (nSPS) is 11.3. The van der Waals surface area contributed by atoms with Crippen molar-refractivity contribution < 1.29 is 19.3 Å². The van der Waals surface area contributed by atoms with Crippen LogP contribution in [0.5, 0.6) is 0 Å². The van der Waals surface area contributed by atoms with Crippen molar-refractivity contribution in [1.82, 2.24) is 0 Å². The Kier molecular flexibility index (Phi) is 40.5. The van der Waals surface area contributed by atoms with Crippen LogP contribution < -0.4 is 0 Å². The van der Waals surface area contributed by atoms with Crippen LogP contribution in [0.2, 0.25) is 0 Å². The Morgan fingerprint density at radius 1 is 0.311 bits per heavy atom. The van der Waals surface area contributed by atoms with Crippen LogP contribution in [-0.4, -0.2) is 19.4 Å². The highest BCUT2D eigenvalue weighted by Gasteiger charge is 2.05. The van der Waals surface area contributed by atoms with Crippen molar-refractivity contribution >= 4 is 6.16 Å². The first kappa shape index (κ1) is 44.2. The molecule has 0 atom stereocenters. The number of carbonyl (C=O) groups excluding carboxylic acids is 1. The largest absolute Gasteiger partial charge is 0.540 e. The van der Waals surface area contributed by atoms with Crippen LogP contribution >= 0.6 is 0 Å². The molecule has 0 spiro atoms. The van der Waals surface area contributed by atoms with Gasteiger partial charge in [0.2, 0.25) is 0 Å². The smallest absolute Gasteiger partial charge is 0.432 e. The fourth-order valence-corrected chi connectivity index (χ4v) is 6.34. The fourth-order valence-electron chi connectivity index (χ4n) is 6.34. The molecule has 45 heavy (non-hydrogen) atoms. The second-order valence-corrected chi connectivity index (χ2v) is 14.0. The minimum Gasteiger partial charge on any atom is -0.432 e. The van der Waals surface area contributed by atoms with E-state index in [0.717, 1.165) is 25.7 Å². The molecule has 0 rings (SSSR count). The van der Waals surface area contributed by atoms with Gasteiger partial charge in [-0.15, -0.1) is 0 Å². The van der Waals surface area contributed by atoms with Crippen molar-refractivity contribution in [2.24, 2.45) is 0 Å². The van der Waals surface area contributed by atoms with Crippen molar-refractivity contribution in [3.8, 4) is 0 Å². The van der Waals surface area contributed by atoms with Crippen LogP contribution in [-0.2, 0) is 14.5 Å². The summed E-state index contributed by atoms with van der Waals surface area (Å²) in [7, 11) is 0. The Hall–Kier alpha value is -0.770. The molecule has 0 aromatic rings. The number of carbonyl (C=O) groups is 1. The predicted octanol–water partition coefficient (Wildman–Crippen LogP) is 15.2. The zero-order valence-corrected chi connectivity index (χ0v) is 31.0. The first-order valence-electron chi connectivity index (χ1n) is 20.8. The minimum atomic E-state index is -0.690. The maximum absolute atomic E-state index is 11.6. The summed E-state index contributed by atoms with van der Waals surface area (Å²) in [6, 6.07) is 0. The molecular formula is C41H82O4. The Morgan fingerprint density at radius 2 is 0.533 bits per heavy atom. The lowest BCUT2D eigenvalue weighted by atomic mass is 10.0. The van der Waals surface area contributed by atoms with Gasteiger partial charge >= 0.3 is 6.16 Å². The first-order valence-corrected chi connectivity index (χ1v) is 20.8. The van der Waals surface area contributed by atoms with E-state index in [4.69, 9.17) is 14.5 Å². The highest BCUT2D eigenvalue weighted by Crippen LogP contribution is 2.16. The zero-order valence-electron chi connectivity index (χ0n) is 31.0. The molecule has 0 aliphatic rings. The highest BCUT2D eigenvalue weighted by molar-refractivity contribution is 5.58. The lowest BCUT2D eigenvalue weighted by Crippen LogP contribution is -2.09. The van der Waals surface area contributed by atoms with Crippen molar-refractivity contribution in [3.05, 3.63) is 0 Å². The van der Waals surface area contributed by atoms with Crippen molar-refractivity contribution in [2.45, 2.75) is 245 Å². The van der Waals surface area contributed by atoms with Crippen LogP contribution in [0, 0.1) is 0 Å². The van der Waals surface area contributed by atoms with Gasteiger partial charge in [0.05, 0.1) is 13.2 Å². The standard InChI is InChI=1S/C41H82O4/c1-3-5-7-9-11-13-15-17-19-21-23-25-27-29-31-33-35-37-39-43-41(42)45-44-40-38-36-34-32-30-28-26-24-22-20-18-16-14-12-10-8-6-4-2/h3-40H2,1-2H3. The Labute approximate surface area is 283 Å². The van der Waals surface area contributed by atoms with Gasteiger partial charge in [0.15, 0.2) is 0 Å². The highest BCUT2D eigenvalue weighted by atomic mass is 17.2. The molecule has 4 nitrogen and oxygen atoms in total. The summed E-state index contributed by atoms with van der Waals surface area (Å²) >= 11 is 0. The quantitative estimate of drug-likeness (QED) is 0.0291. The number of ether oxygens (including phenoxy) is 1. The van der Waals surface area contributed by atoms with E-state index >= 15 is 0 Å². The molecular weight excluding hydrogens is 556 g/mol. The van der Waals surface area contributed by atoms with Crippen molar-refractivity contribution in [2.75, 3.05) is 13.2 Å². The van der Waals surface area contributed by atoms with E-state index in [1.807, 2.05) is 0 Å². The van der Waals surface area contributed by atoms with Gasteiger partial charge in [-0.2, -0.15) is 4.89 Å². The van der Waals surface area contributed by atoms with Crippen LogP contribution in [0.15, 0.2) is 0 Å². The molecule has 0 aromatic carbocycles. The molecule has 0 saturated carbocycles. The number of rotatable bonds is 39. The molecule has 0 amide bonds. The van der Waals surface area contributed by atoms with Gasteiger partial charge < -0.3 is 4.74 Å².